The van der Waals surface area contributed by atoms with Crippen LogP contribution in [0.2, 0.25) is 0 Å². The molecular formula is C14H23NO2. The van der Waals surface area contributed by atoms with E-state index in [9.17, 15) is 0 Å². The number of ether oxygens (including phenoxy) is 2. The third kappa shape index (κ3) is 7.77. The first-order valence-corrected chi connectivity index (χ1v) is 6.40. The highest BCUT2D eigenvalue weighted by Gasteiger charge is 1.92. The lowest BCUT2D eigenvalue weighted by molar-refractivity contribution is 0.121. The normalized spacial score (nSPS) is 10.4. The molecule has 0 heterocycles. The van der Waals surface area contributed by atoms with E-state index in [0.29, 0.717) is 6.61 Å². The molecule has 0 amide bonds. The lowest BCUT2D eigenvalue weighted by atomic mass is 10.3. The van der Waals surface area contributed by atoms with Crippen LogP contribution in [0.5, 0.6) is 5.75 Å². The fraction of sp³-hybridized carbons (Fsp3) is 0.571. The van der Waals surface area contributed by atoms with Crippen LogP contribution in [0.15, 0.2) is 30.3 Å². The van der Waals surface area contributed by atoms with Crippen LogP contribution in [0.4, 0.5) is 0 Å². The molecule has 1 aromatic carbocycles. The smallest absolute Gasteiger partial charge is 0.119 e. The van der Waals surface area contributed by atoms with Crippen molar-refractivity contribution in [2.75, 3.05) is 32.9 Å². The average Bonchev–Trinajstić information content (AvgIpc) is 2.38. The number of benzene rings is 1. The van der Waals surface area contributed by atoms with Crippen LogP contribution in [0.25, 0.3) is 0 Å². The van der Waals surface area contributed by atoms with Gasteiger partial charge in [-0.25, -0.2) is 0 Å². The van der Waals surface area contributed by atoms with Gasteiger partial charge < -0.3 is 14.8 Å². The van der Waals surface area contributed by atoms with E-state index in [4.69, 9.17) is 9.47 Å². The fourth-order valence-corrected chi connectivity index (χ4v) is 1.42. The zero-order valence-corrected chi connectivity index (χ0v) is 10.7. The maximum Gasteiger partial charge on any atom is 0.119 e. The van der Waals surface area contributed by atoms with Crippen molar-refractivity contribution in [3.63, 3.8) is 0 Å². The summed E-state index contributed by atoms with van der Waals surface area (Å²) < 4.78 is 11.0. The summed E-state index contributed by atoms with van der Waals surface area (Å²) in [4.78, 5) is 0. The molecule has 0 atom stereocenters. The van der Waals surface area contributed by atoms with E-state index in [-0.39, 0.29) is 0 Å². The molecule has 0 unspecified atom stereocenters. The van der Waals surface area contributed by atoms with Crippen molar-refractivity contribution in [2.45, 2.75) is 19.8 Å². The summed E-state index contributed by atoms with van der Waals surface area (Å²) in [6, 6.07) is 9.88. The van der Waals surface area contributed by atoms with E-state index in [1.165, 1.54) is 6.42 Å². The molecule has 0 saturated heterocycles. The molecule has 0 radical (unpaired) electrons. The Hall–Kier alpha value is -1.06. The average molecular weight is 237 g/mol. The van der Waals surface area contributed by atoms with E-state index < -0.39 is 0 Å². The van der Waals surface area contributed by atoms with Crippen molar-refractivity contribution in [1.29, 1.82) is 0 Å². The van der Waals surface area contributed by atoms with Gasteiger partial charge in [0.1, 0.15) is 5.75 Å². The Morgan fingerprint density at radius 1 is 1.00 bits per heavy atom. The number of para-hydroxylation sites is 1. The summed E-state index contributed by atoms with van der Waals surface area (Å²) in [7, 11) is 0. The molecule has 0 aromatic heterocycles. The van der Waals surface area contributed by atoms with Crippen molar-refractivity contribution in [3.05, 3.63) is 30.3 Å². The van der Waals surface area contributed by atoms with Gasteiger partial charge >= 0.3 is 0 Å². The fourth-order valence-electron chi connectivity index (χ4n) is 1.42. The molecule has 0 saturated carbocycles. The van der Waals surface area contributed by atoms with Crippen LogP contribution in [-0.2, 0) is 4.74 Å². The summed E-state index contributed by atoms with van der Waals surface area (Å²) in [6.07, 6.45) is 2.10. The highest BCUT2D eigenvalue weighted by Crippen LogP contribution is 2.08. The van der Waals surface area contributed by atoms with E-state index in [1.807, 2.05) is 30.3 Å². The van der Waals surface area contributed by atoms with E-state index in [1.54, 1.807) is 0 Å². The predicted molar refractivity (Wildman–Crippen MR) is 70.5 cm³/mol. The van der Waals surface area contributed by atoms with Gasteiger partial charge in [0.2, 0.25) is 0 Å². The van der Waals surface area contributed by atoms with E-state index in [2.05, 4.69) is 12.2 Å². The van der Waals surface area contributed by atoms with Crippen LogP contribution in [0.3, 0.4) is 0 Å². The monoisotopic (exact) mass is 237 g/mol. The maximum absolute atomic E-state index is 5.56. The quantitative estimate of drug-likeness (QED) is 0.634. The SMILES string of the molecule is CCCNCCOCCCOc1ccccc1. The van der Waals surface area contributed by atoms with Crippen molar-refractivity contribution in [3.8, 4) is 5.75 Å². The van der Waals surface area contributed by atoms with Gasteiger partial charge in [0.05, 0.1) is 13.2 Å². The molecule has 96 valence electrons. The van der Waals surface area contributed by atoms with Gasteiger partial charge in [-0.2, -0.15) is 0 Å². The highest BCUT2D eigenvalue weighted by molar-refractivity contribution is 5.20. The zero-order valence-electron chi connectivity index (χ0n) is 10.7. The van der Waals surface area contributed by atoms with Gasteiger partial charge in [0, 0.05) is 19.6 Å². The molecule has 0 fully saturated rings. The van der Waals surface area contributed by atoms with Gasteiger partial charge in [-0.05, 0) is 25.1 Å². The first-order chi connectivity index (χ1) is 8.43. The largest absolute Gasteiger partial charge is 0.494 e. The topological polar surface area (TPSA) is 30.5 Å². The molecule has 1 rings (SSSR count). The van der Waals surface area contributed by atoms with Crippen molar-refractivity contribution < 1.29 is 9.47 Å². The summed E-state index contributed by atoms with van der Waals surface area (Å²) in [5.41, 5.74) is 0. The maximum atomic E-state index is 5.56. The first kappa shape index (κ1) is 14.0. The molecule has 0 aliphatic rings. The number of hydrogen-bond acceptors (Lipinski definition) is 3. The minimum atomic E-state index is 0.715. The standard InChI is InChI=1S/C14H23NO2/c1-2-9-15-10-13-16-11-6-12-17-14-7-4-3-5-8-14/h3-5,7-8,15H,2,6,9-13H2,1H3. The van der Waals surface area contributed by atoms with E-state index >= 15 is 0 Å². The van der Waals surface area contributed by atoms with Crippen LogP contribution in [0, 0.1) is 0 Å². The van der Waals surface area contributed by atoms with Gasteiger partial charge in [0.25, 0.3) is 0 Å². The lowest BCUT2D eigenvalue weighted by Crippen LogP contribution is -2.20. The van der Waals surface area contributed by atoms with Crippen molar-refractivity contribution >= 4 is 0 Å². The van der Waals surface area contributed by atoms with Crippen LogP contribution >= 0.6 is 0 Å². The molecule has 0 spiro atoms. The second-order valence-electron chi connectivity index (χ2n) is 3.88. The summed E-state index contributed by atoms with van der Waals surface area (Å²) in [5.74, 6) is 0.928. The Morgan fingerprint density at radius 3 is 2.59 bits per heavy atom. The Balaban J connectivity index is 1.85. The summed E-state index contributed by atoms with van der Waals surface area (Å²) in [5, 5.41) is 3.30. The third-order valence-electron chi connectivity index (χ3n) is 2.29. The minimum Gasteiger partial charge on any atom is -0.494 e. The molecule has 0 bridgehead atoms. The summed E-state index contributed by atoms with van der Waals surface area (Å²) in [6.45, 7) is 6.43. The zero-order chi connectivity index (χ0) is 12.2. The van der Waals surface area contributed by atoms with Gasteiger partial charge in [-0.1, -0.05) is 25.1 Å². The van der Waals surface area contributed by atoms with Crippen molar-refractivity contribution in [2.24, 2.45) is 0 Å². The Labute approximate surface area is 104 Å². The van der Waals surface area contributed by atoms with Crippen molar-refractivity contribution in [1.82, 2.24) is 5.32 Å². The molecular weight excluding hydrogens is 214 g/mol. The minimum absolute atomic E-state index is 0.715. The molecule has 3 nitrogen and oxygen atoms in total. The highest BCUT2D eigenvalue weighted by atomic mass is 16.5. The first-order valence-electron chi connectivity index (χ1n) is 6.40. The van der Waals surface area contributed by atoms with E-state index in [0.717, 1.165) is 38.5 Å². The van der Waals surface area contributed by atoms with Gasteiger partial charge in [-0.15, -0.1) is 0 Å². The molecule has 17 heavy (non-hydrogen) atoms. The Bertz CT molecular complexity index is 264. The second-order valence-corrected chi connectivity index (χ2v) is 3.88. The van der Waals surface area contributed by atoms with Crippen LogP contribution < -0.4 is 10.1 Å². The number of nitrogens with one attached hydrogen (secondary N) is 1. The van der Waals surface area contributed by atoms with Crippen LogP contribution in [0.1, 0.15) is 19.8 Å². The van der Waals surface area contributed by atoms with Gasteiger partial charge in [0.15, 0.2) is 0 Å². The van der Waals surface area contributed by atoms with Gasteiger partial charge in [-0.3, -0.25) is 0 Å². The second kappa shape index (κ2) is 10.1. The Morgan fingerprint density at radius 2 is 1.82 bits per heavy atom. The predicted octanol–water partition coefficient (Wildman–Crippen LogP) is 2.47. The Kier molecular flexibility index (Phi) is 8.33. The summed E-state index contributed by atoms with van der Waals surface area (Å²) >= 11 is 0. The molecule has 0 aliphatic carbocycles. The molecule has 3 heteroatoms. The molecule has 1 N–H and O–H groups in total. The molecule has 1 aromatic rings. The number of rotatable bonds is 10. The van der Waals surface area contributed by atoms with Crippen LogP contribution in [-0.4, -0.2) is 32.9 Å². The lowest BCUT2D eigenvalue weighted by Gasteiger charge is -2.07. The molecule has 0 aliphatic heterocycles. The third-order valence-corrected chi connectivity index (χ3v) is 2.29. The number of hydrogen-bond donors (Lipinski definition) is 1.